The molecule has 2 atom stereocenters. The third kappa shape index (κ3) is 4.27. The lowest BCUT2D eigenvalue weighted by molar-refractivity contribution is -0.119. The molecule has 0 saturated heterocycles. The molecule has 0 heterocycles. The van der Waals surface area contributed by atoms with E-state index < -0.39 is 10.8 Å². The number of hydrogen-bond acceptors (Lipinski definition) is 2. The number of benzene rings is 1. The Labute approximate surface area is 99.5 Å². The summed E-state index contributed by atoms with van der Waals surface area (Å²) in [6.07, 6.45) is 0.821. The van der Waals surface area contributed by atoms with E-state index in [2.05, 4.69) is 0 Å². The Morgan fingerprint density at radius 3 is 2.50 bits per heavy atom. The van der Waals surface area contributed by atoms with Crippen molar-refractivity contribution in [1.29, 1.82) is 0 Å². The standard InChI is InChI=1S/C13H18O2S/c1-3-11(2)13(14)10-16(15)9-12-7-5-4-6-8-12/h4-8,11H,3,9-10H2,1-2H3. The average Bonchev–Trinajstić information content (AvgIpc) is 2.29. The van der Waals surface area contributed by atoms with Crippen LogP contribution in [0.1, 0.15) is 25.8 Å². The van der Waals surface area contributed by atoms with Crippen LogP contribution in [0.4, 0.5) is 0 Å². The molecular formula is C13H18O2S. The van der Waals surface area contributed by atoms with Gasteiger partial charge in [0, 0.05) is 22.5 Å². The van der Waals surface area contributed by atoms with E-state index in [0.717, 1.165) is 12.0 Å². The molecule has 1 aromatic rings. The molecule has 0 aliphatic carbocycles. The predicted octanol–water partition coefficient (Wildman–Crippen LogP) is 2.55. The molecule has 3 heteroatoms. The van der Waals surface area contributed by atoms with Crippen molar-refractivity contribution >= 4 is 16.6 Å². The molecule has 88 valence electrons. The minimum absolute atomic E-state index is 0.0275. The highest BCUT2D eigenvalue weighted by atomic mass is 32.2. The van der Waals surface area contributed by atoms with Gasteiger partial charge in [-0.05, 0) is 12.0 Å². The van der Waals surface area contributed by atoms with Crippen molar-refractivity contribution in [3.05, 3.63) is 35.9 Å². The van der Waals surface area contributed by atoms with Crippen LogP contribution >= 0.6 is 0 Å². The topological polar surface area (TPSA) is 34.1 Å². The second kappa shape index (κ2) is 6.59. The molecule has 0 aliphatic heterocycles. The molecule has 1 rings (SSSR count). The fourth-order valence-electron chi connectivity index (χ4n) is 1.34. The summed E-state index contributed by atoms with van der Waals surface area (Å²) in [6, 6.07) is 9.64. The zero-order valence-electron chi connectivity index (χ0n) is 9.81. The van der Waals surface area contributed by atoms with E-state index in [1.54, 1.807) is 0 Å². The van der Waals surface area contributed by atoms with E-state index in [-0.39, 0.29) is 17.5 Å². The van der Waals surface area contributed by atoms with E-state index in [1.165, 1.54) is 0 Å². The number of ketones is 1. The Balaban J connectivity index is 2.46. The van der Waals surface area contributed by atoms with Crippen LogP contribution in [0.25, 0.3) is 0 Å². The summed E-state index contributed by atoms with van der Waals surface area (Å²) in [5, 5.41) is 0. The maximum absolute atomic E-state index is 11.7. The number of rotatable bonds is 6. The van der Waals surface area contributed by atoms with Gasteiger partial charge in [-0.1, -0.05) is 44.2 Å². The molecular weight excluding hydrogens is 220 g/mol. The number of Topliss-reactive ketones (excluding diaryl/α,β-unsaturated/α-hetero) is 1. The van der Waals surface area contributed by atoms with Gasteiger partial charge >= 0.3 is 0 Å². The summed E-state index contributed by atoms with van der Waals surface area (Å²) in [7, 11) is -1.07. The van der Waals surface area contributed by atoms with Gasteiger partial charge in [-0.2, -0.15) is 0 Å². The lowest BCUT2D eigenvalue weighted by atomic mass is 10.1. The van der Waals surface area contributed by atoms with Crippen molar-refractivity contribution < 1.29 is 9.00 Å². The van der Waals surface area contributed by atoms with E-state index in [0.29, 0.717) is 5.75 Å². The normalized spacial score (nSPS) is 14.4. The monoisotopic (exact) mass is 238 g/mol. The van der Waals surface area contributed by atoms with E-state index >= 15 is 0 Å². The molecule has 1 aromatic carbocycles. The van der Waals surface area contributed by atoms with Gasteiger partial charge in [0.2, 0.25) is 0 Å². The van der Waals surface area contributed by atoms with Gasteiger partial charge < -0.3 is 0 Å². The van der Waals surface area contributed by atoms with Gasteiger partial charge in [-0.15, -0.1) is 0 Å². The van der Waals surface area contributed by atoms with Crippen LogP contribution in [0.5, 0.6) is 0 Å². The summed E-state index contributed by atoms with van der Waals surface area (Å²) < 4.78 is 11.7. The summed E-state index contributed by atoms with van der Waals surface area (Å²) in [6.45, 7) is 3.87. The van der Waals surface area contributed by atoms with Crippen LogP contribution in [0.3, 0.4) is 0 Å². The second-order valence-corrected chi connectivity index (χ2v) is 5.45. The van der Waals surface area contributed by atoms with Gasteiger partial charge in [0.05, 0.1) is 5.75 Å². The second-order valence-electron chi connectivity index (χ2n) is 3.99. The van der Waals surface area contributed by atoms with Gasteiger partial charge in [0.25, 0.3) is 0 Å². The van der Waals surface area contributed by atoms with Gasteiger partial charge in [-0.3, -0.25) is 9.00 Å². The predicted molar refractivity (Wildman–Crippen MR) is 67.6 cm³/mol. The van der Waals surface area contributed by atoms with Crippen molar-refractivity contribution in [2.24, 2.45) is 5.92 Å². The first-order valence-corrected chi connectivity index (χ1v) is 7.04. The highest BCUT2D eigenvalue weighted by Gasteiger charge is 2.14. The maximum atomic E-state index is 11.7. The van der Waals surface area contributed by atoms with Crippen LogP contribution in [0.2, 0.25) is 0 Å². The molecule has 2 unspecified atom stereocenters. The highest BCUT2D eigenvalue weighted by Crippen LogP contribution is 2.07. The third-order valence-corrected chi connectivity index (χ3v) is 3.90. The summed E-state index contributed by atoms with van der Waals surface area (Å²) in [5.41, 5.74) is 1.03. The summed E-state index contributed by atoms with van der Waals surface area (Å²) in [5.74, 6) is 0.795. The number of carbonyl (C=O) groups excluding carboxylic acids is 1. The molecule has 0 saturated carbocycles. The van der Waals surface area contributed by atoms with Crippen molar-refractivity contribution in [3.8, 4) is 0 Å². The maximum Gasteiger partial charge on any atom is 0.148 e. The Bertz CT molecular complexity index is 359. The molecule has 0 radical (unpaired) electrons. The van der Waals surface area contributed by atoms with Crippen molar-refractivity contribution in [2.75, 3.05) is 5.75 Å². The molecule has 0 N–H and O–H groups in total. The fraction of sp³-hybridized carbons (Fsp3) is 0.462. The minimum atomic E-state index is -1.07. The molecule has 0 aromatic heterocycles. The van der Waals surface area contributed by atoms with Crippen LogP contribution in [-0.2, 0) is 21.3 Å². The molecule has 0 amide bonds. The van der Waals surface area contributed by atoms with E-state index in [1.807, 2.05) is 44.2 Å². The molecule has 0 bridgehead atoms. The largest absolute Gasteiger partial charge is 0.298 e. The van der Waals surface area contributed by atoms with Gasteiger partial charge in [0.15, 0.2) is 0 Å². The Morgan fingerprint density at radius 1 is 1.31 bits per heavy atom. The molecule has 0 spiro atoms. The zero-order chi connectivity index (χ0) is 12.0. The quantitative estimate of drug-likeness (QED) is 0.763. The highest BCUT2D eigenvalue weighted by molar-refractivity contribution is 7.84. The zero-order valence-corrected chi connectivity index (χ0v) is 10.6. The van der Waals surface area contributed by atoms with Crippen LogP contribution in [-0.4, -0.2) is 15.7 Å². The fourth-order valence-corrected chi connectivity index (χ4v) is 2.61. The van der Waals surface area contributed by atoms with Crippen molar-refractivity contribution in [1.82, 2.24) is 0 Å². The Morgan fingerprint density at radius 2 is 1.94 bits per heavy atom. The Hall–Kier alpha value is -0.960. The van der Waals surface area contributed by atoms with E-state index in [4.69, 9.17) is 0 Å². The molecule has 0 aliphatic rings. The molecule has 2 nitrogen and oxygen atoms in total. The summed E-state index contributed by atoms with van der Waals surface area (Å²) in [4.78, 5) is 11.6. The Kier molecular flexibility index (Phi) is 5.39. The average molecular weight is 238 g/mol. The lowest BCUT2D eigenvalue weighted by Gasteiger charge is -2.07. The third-order valence-electron chi connectivity index (χ3n) is 2.64. The molecule has 0 fully saturated rings. The minimum Gasteiger partial charge on any atom is -0.298 e. The molecule has 16 heavy (non-hydrogen) atoms. The van der Waals surface area contributed by atoms with Crippen molar-refractivity contribution in [3.63, 3.8) is 0 Å². The smallest absolute Gasteiger partial charge is 0.148 e. The lowest BCUT2D eigenvalue weighted by Crippen LogP contribution is -2.18. The van der Waals surface area contributed by atoms with Gasteiger partial charge in [0.1, 0.15) is 5.78 Å². The number of hydrogen-bond donors (Lipinski definition) is 0. The summed E-state index contributed by atoms with van der Waals surface area (Å²) >= 11 is 0. The SMILES string of the molecule is CCC(C)C(=O)CS(=O)Cc1ccccc1. The first-order valence-electron chi connectivity index (χ1n) is 5.55. The van der Waals surface area contributed by atoms with Crippen LogP contribution in [0.15, 0.2) is 30.3 Å². The van der Waals surface area contributed by atoms with E-state index in [9.17, 15) is 9.00 Å². The van der Waals surface area contributed by atoms with Gasteiger partial charge in [-0.25, -0.2) is 0 Å². The van der Waals surface area contributed by atoms with Crippen LogP contribution in [0, 0.1) is 5.92 Å². The number of carbonyl (C=O) groups is 1. The first-order chi connectivity index (χ1) is 7.63. The first kappa shape index (κ1) is 13.1. The van der Waals surface area contributed by atoms with Crippen LogP contribution < -0.4 is 0 Å². The van der Waals surface area contributed by atoms with Crippen molar-refractivity contribution in [2.45, 2.75) is 26.0 Å².